The molecule has 0 aliphatic carbocycles. The molecule has 0 saturated carbocycles. The van der Waals surface area contributed by atoms with Crippen LogP contribution in [0.1, 0.15) is 29.5 Å². The normalized spacial score (nSPS) is 15.3. The number of halogens is 4. The van der Waals surface area contributed by atoms with Crippen LogP contribution in [0.25, 0.3) is 0 Å². The van der Waals surface area contributed by atoms with Gasteiger partial charge in [0.15, 0.2) is 11.5 Å². The fraction of sp³-hybridized carbons (Fsp3) is 0.250. The number of aliphatic carboxylic acids is 1. The van der Waals surface area contributed by atoms with E-state index in [1.807, 2.05) is 0 Å². The number of carbonyl (C=O) groups is 1. The highest BCUT2D eigenvalue weighted by Gasteiger charge is 2.59. The van der Waals surface area contributed by atoms with E-state index < -0.39 is 34.8 Å². The van der Waals surface area contributed by atoms with E-state index in [0.717, 1.165) is 35.9 Å². The lowest BCUT2D eigenvalue weighted by molar-refractivity contribution is -0.274. The SMILES string of the molecule is C=C/C(=C\C=C(/N)Oc1ccc([C@@H](C)[C@@](O)(c2cc(C)c(=O)n(C)c2)C(F)(F)F)c(Cl)c1)C(=O)O. The number of benzene rings is 1. The third-order valence-electron chi connectivity index (χ3n) is 5.43. The Kier molecular flexibility index (Phi) is 8.25. The number of hydrogen-bond donors (Lipinski definition) is 3. The summed E-state index contributed by atoms with van der Waals surface area (Å²) in [5, 5.41) is 19.8. The molecule has 7 nitrogen and oxygen atoms in total. The minimum absolute atomic E-state index is 0.0346. The molecule has 2 atom stereocenters. The molecule has 2 aromatic rings. The molecular weight excluding hydrogens is 489 g/mol. The number of alkyl halides is 3. The number of aromatic nitrogens is 1. The number of pyridine rings is 1. The number of nitrogens with two attached hydrogens (primary N) is 1. The van der Waals surface area contributed by atoms with Gasteiger partial charge in [0.25, 0.3) is 5.56 Å². The van der Waals surface area contributed by atoms with E-state index in [-0.39, 0.29) is 33.4 Å². The van der Waals surface area contributed by atoms with Crippen molar-refractivity contribution in [3.05, 3.63) is 98.8 Å². The lowest BCUT2D eigenvalue weighted by Gasteiger charge is -2.37. The molecule has 0 radical (unpaired) electrons. The van der Waals surface area contributed by atoms with Crippen LogP contribution < -0.4 is 16.0 Å². The van der Waals surface area contributed by atoms with Gasteiger partial charge in [0.05, 0.1) is 5.57 Å². The first-order chi connectivity index (χ1) is 16.1. The Bertz CT molecular complexity index is 1240. The minimum atomic E-state index is -5.11. The largest absolute Gasteiger partial charge is 0.478 e. The van der Waals surface area contributed by atoms with E-state index in [4.69, 9.17) is 27.2 Å². The van der Waals surface area contributed by atoms with E-state index in [9.17, 15) is 27.9 Å². The zero-order chi connectivity index (χ0) is 26.7. The monoisotopic (exact) mass is 512 g/mol. The van der Waals surface area contributed by atoms with Gasteiger partial charge in [-0.2, -0.15) is 13.2 Å². The summed E-state index contributed by atoms with van der Waals surface area (Å²) in [7, 11) is 1.29. The lowest BCUT2D eigenvalue weighted by Crippen LogP contribution is -2.47. The van der Waals surface area contributed by atoms with Crippen molar-refractivity contribution in [3.63, 3.8) is 0 Å². The van der Waals surface area contributed by atoms with Gasteiger partial charge in [-0.1, -0.05) is 37.2 Å². The van der Waals surface area contributed by atoms with Crippen molar-refractivity contribution < 1.29 is 32.9 Å². The van der Waals surface area contributed by atoms with Gasteiger partial charge in [0.2, 0.25) is 0 Å². The first kappa shape index (κ1) is 27.7. The maximum atomic E-state index is 14.2. The van der Waals surface area contributed by atoms with Crippen LogP contribution in [0.2, 0.25) is 5.02 Å². The Morgan fingerprint density at radius 3 is 2.40 bits per heavy atom. The molecule has 1 heterocycles. The number of carboxylic acid groups (broad SMARTS) is 1. The van der Waals surface area contributed by atoms with E-state index >= 15 is 0 Å². The summed E-state index contributed by atoms with van der Waals surface area (Å²) in [4.78, 5) is 22.9. The number of aliphatic hydroxyl groups is 1. The van der Waals surface area contributed by atoms with Crippen LogP contribution in [0.15, 0.2) is 71.5 Å². The van der Waals surface area contributed by atoms with E-state index in [1.165, 1.54) is 38.2 Å². The molecule has 0 fully saturated rings. The number of rotatable bonds is 8. The highest BCUT2D eigenvalue weighted by atomic mass is 35.5. The van der Waals surface area contributed by atoms with Crippen LogP contribution in [0.3, 0.4) is 0 Å². The van der Waals surface area contributed by atoms with E-state index in [1.54, 1.807) is 0 Å². The Balaban J connectivity index is 2.47. The van der Waals surface area contributed by atoms with Gasteiger partial charge in [-0.25, -0.2) is 4.79 Å². The number of allylic oxidation sites excluding steroid dienone is 2. The van der Waals surface area contributed by atoms with Crippen molar-refractivity contribution >= 4 is 17.6 Å². The van der Waals surface area contributed by atoms with Gasteiger partial charge in [0, 0.05) is 35.3 Å². The average Bonchev–Trinajstić information content (AvgIpc) is 2.75. The standard InChI is InChI=1S/C24H24ClF3N2O5/c1-5-15(22(32)33)6-9-20(29)35-17-7-8-18(19(25)11-17)14(3)23(34,24(26,27)28)16-10-13(2)21(31)30(4)12-16/h5-12,14,34H,1,29H2,2-4H3,(H,32,33)/b15-6+,20-9+/t14-,23-/m1/s1. The average molecular weight is 513 g/mol. The molecule has 1 aromatic heterocycles. The van der Waals surface area contributed by atoms with Gasteiger partial charge in [-0.05, 0) is 42.8 Å². The Hall–Kier alpha value is -3.50. The molecular formula is C24H24ClF3N2O5. The van der Waals surface area contributed by atoms with Crippen molar-refractivity contribution in [1.29, 1.82) is 0 Å². The zero-order valence-electron chi connectivity index (χ0n) is 19.1. The molecule has 0 saturated heterocycles. The molecule has 0 aliphatic rings. The van der Waals surface area contributed by atoms with Gasteiger partial charge in [-0.3, -0.25) is 4.79 Å². The maximum Gasteiger partial charge on any atom is 0.422 e. The molecule has 1 aromatic carbocycles. The van der Waals surface area contributed by atoms with Crippen LogP contribution in [0.5, 0.6) is 5.75 Å². The Morgan fingerprint density at radius 1 is 1.29 bits per heavy atom. The number of nitrogens with zero attached hydrogens (tertiary/aromatic N) is 1. The van der Waals surface area contributed by atoms with Crippen molar-refractivity contribution in [2.24, 2.45) is 12.8 Å². The third kappa shape index (κ3) is 5.77. The summed E-state index contributed by atoms with van der Waals surface area (Å²) < 4.78 is 49.0. The number of aryl methyl sites for hydroxylation is 2. The van der Waals surface area contributed by atoms with E-state index in [0.29, 0.717) is 0 Å². The van der Waals surface area contributed by atoms with Gasteiger partial charge < -0.3 is 25.3 Å². The predicted molar refractivity (Wildman–Crippen MR) is 125 cm³/mol. The van der Waals surface area contributed by atoms with Crippen LogP contribution in [-0.2, 0) is 17.4 Å². The summed E-state index contributed by atoms with van der Waals surface area (Å²) in [6.07, 6.45) is -0.742. The van der Waals surface area contributed by atoms with Crippen LogP contribution in [-0.4, -0.2) is 26.9 Å². The third-order valence-corrected chi connectivity index (χ3v) is 5.76. The van der Waals surface area contributed by atoms with Crippen molar-refractivity contribution in [3.8, 4) is 5.75 Å². The topological polar surface area (TPSA) is 115 Å². The molecule has 0 aliphatic heterocycles. The fourth-order valence-corrected chi connectivity index (χ4v) is 3.80. The summed E-state index contributed by atoms with van der Waals surface area (Å²) in [6.45, 7) is 5.88. The first-order valence-corrected chi connectivity index (χ1v) is 10.5. The fourth-order valence-electron chi connectivity index (χ4n) is 3.46. The Labute approximate surface area is 204 Å². The molecule has 188 valence electrons. The van der Waals surface area contributed by atoms with Crippen LogP contribution in [0, 0.1) is 6.92 Å². The summed E-state index contributed by atoms with van der Waals surface area (Å²) in [5.41, 5.74) is 1.20. The molecule has 0 bridgehead atoms. The number of carboxylic acids is 1. The van der Waals surface area contributed by atoms with Crippen LogP contribution in [0.4, 0.5) is 13.2 Å². The van der Waals surface area contributed by atoms with Gasteiger partial charge in [0.1, 0.15) is 5.75 Å². The number of ether oxygens (including phenoxy) is 1. The molecule has 0 unspecified atom stereocenters. The highest BCUT2D eigenvalue weighted by molar-refractivity contribution is 6.31. The maximum absolute atomic E-state index is 14.2. The Morgan fingerprint density at radius 2 is 1.91 bits per heavy atom. The quantitative estimate of drug-likeness (QED) is 0.276. The van der Waals surface area contributed by atoms with Crippen molar-refractivity contribution in [2.45, 2.75) is 31.5 Å². The van der Waals surface area contributed by atoms with Crippen molar-refractivity contribution in [2.75, 3.05) is 0 Å². The molecule has 35 heavy (non-hydrogen) atoms. The van der Waals surface area contributed by atoms with Crippen molar-refractivity contribution in [1.82, 2.24) is 4.57 Å². The smallest absolute Gasteiger partial charge is 0.422 e. The highest BCUT2D eigenvalue weighted by Crippen LogP contribution is 2.50. The summed E-state index contributed by atoms with van der Waals surface area (Å²) in [6, 6.07) is 4.78. The molecule has 4 N–H and O–H groups in total. The van der Waals surface area contributed by atoms with E-state index in [2.05, 4.69) is 6.58 Å². The van der Waals surface area contributed by atoms with Crippen LogP contribution >= 0.6 is 11.6 Å². The second-order valence-electron chi connectivity index (χ2n) is 7.80. The second kappa shape index (κ2) is 10.4. The van der Waals surface area contributed by atoms with Gasteiger partial charge >= 0.3 is 12.1 Å². The molecule has 2 rings (SSSR count). The molecule has 0 amide bonds. The molecule has 0 spiro atoms. The minimum Gasteiger partial charge on any atom is -0.478 e. The second-order valence-corrected chi connectivity index (χ2v) is 8.21. The zero-order valence-corrected chi connectivity index (χ0v) is 19.8. The predicted octanol–water partition coefficient (Wildman–Crippen LogP) is 4.28. The lowest BCUT2D eigenvalue weighted by atomic mass is 9.78. The first-order valence-electron chi connectivity index (χ1n) is 10.1. The summed E-state index contributed by atoms with van der Waals surface area (Å²) in [5.74, 6) is -2.95. The number of hydrogen-bond acceptors (Lipinski definition) is 5. The summed E-state index contributed by atoms with van der Waals surface area (Å²) >= 11 is 6.25. The molecule has 11 heteroatoms. The van der Waals surface area contributed by atoms with Gasteiger partial charge in [-0.15, -0.1) is 0 Å².